The Morgan fingerprint density at radius 3 is 2.58 bits per heavy atom. The van der Waals surface area contributed by atoms with Gasteiger partial charge in [-0.3, -0.25) is 4.79 Å². The fourth-order valence-electron chi connectivity index (χ4n) is 3.57. The molecule has 1 heterocycles. The molecule has 33 heavy (non-hydrogen) atoms. The van der Waals surface area contributed by atoms with E-state index in [1.165, 1.54) is 22.0 Å². The summed E-state index contributed by atoms with van der Waals surface area (Å²) in [6.07, 6.45) is 1.57. The molecule has 0 saturated heterocycles. The monoisotopic (exact) mass is 473 g/mol. The van der Waals surface area contributed by atoms with Crippen LogP contribution in [0, 0.1) is 5.92 Å². The third kappa shape index (κ3) is 6.53. The van der Waals surface area contributed by atoms with E-state index >= 15 is 0 Å². The zero-order valence-electron chi connectivity index (χ0n) is 18.8. The first-order chi connectivity index (χ1) is 16.1. The minimum absolute atomic E-state index is 0.0594. The number of thiazole rings is 1. The number of fused-ring (bicyclic) bond motifs is 1. The van der Waals surface area contributed by atoms with Crippen LogP contribution in [0.15, 0.2) is 83.9 Å². The molecular weight excluding hydrogens is 446 g/mol. The van der Waals surface area contributed by atoms with Crippen LogP contribution in [0.2, 0.25) is 0 Å². The summed E-state index contributed by atoms with van der Waals surface area (Å²) in [6.45, 7) is 4.66. The third-order valence-electron chi connectivity index (χ3n) is 5.27. The smallest absolute Gasteiger partial charge is 0.197 e. The lowest BCUT2D eigenvalue weighted by molar-refractivity contribution is -0.113. The Hall–Kier alpha value is -2.96. The molecule has 0 amide bonds. The molecule has 1 atom stereocenters. The van der Waals surface area contributed by atoms with Crippen molar-refractivity contribution in [2.75, 3.05) is 11.9 Å². The Bertz CT molecular complexity index is 1220. The average molecular weight is 474 g/mol. The number of hydrogen-bond acceptors (Lipinski definition) is 6. The van der Waals surface area contributed by atoms with E-state index in [0.717, 1.165) is 46.3 Å². The van der Waals surface area contributed by atoms with Gasteiger partial charge >= 0.3 is 0 Å². The van der Waals surface area contributed by atoms with Gasteiger partial charge < -0.3 is 5.32 Å². The minimum atomic E-state index is -0.0594. The number of thioether (sulfide) groups is 1. The van der Waals surface area contributed by atoms with Crippen molar-refractivity contribution >= 4 is 54.3 Å². The van der Waals surface area contributed by atoms with Gasteiger partial charge in [0, 0.05) is 12.5 Å². The van der Waals surface area contributed by atoms with Gasteiger partial charge in [-0.1, -0.05) is 78.9 Å². The van der Waals surface area contributed by atoms with Crippen LogP contribution in [0.1, 0.15) is 25.0 Å². The number of rotatable bonds is 8. The molecule has 0 radical (unpaired) electrons. The predicted octanol–water partition coefficient (Wildman–Crippen LogP) is 7.14. The van der Waals surface area contributed by atoms with Crippen molar-refractivity contribution in [3.63, 3.8) is 0 Å². The van der Waals surface area contributed by atoms with Crippen LogP contribution in [0.5, 0.6) is 0 Å². The highest BCUT2D eigenvalue weighted by atomic mass is 32.2. The lowest BCUT2D eigenvalue weighted by Crippen LogP contribution is -2.11. The number of hydrogen-bond donors (Lipinski definition) is 1. The lowest BCUT2D eigenvalue weighted by Gasteiger charge is -2.11. The number of benzene rings is 3. The molecule has 6 heteroatoms. The molecule has 0 spiro atoms. The van der Waals surface area contributed by atoms with Gasteiger partial charge in [-0.15, -0.1) is 0 Å². The molecule has 4 rings (SSSR count). The molecule has 0 aliphatic carbocycles. The van der Waals surface area contributed by atoms with Crippen molar-refractivity contribution < 1.29 is 4.79 Å². The van der Waals surface area contributed by atoms with Crippen molar-refractivity contribution in [3.05, 3.63) is 90.0 Å². The van der Waals surface area contributed by atoms with E-state index in [0.29, 0.717) is 0 Å². The normalized spacial score (nSPS) is 12.6. The molecule has 1 N–H and O–H groups in total. The second-order valence-corrected chi connectivity index (χ2v) is 10.2. The molecule has 0 aliphatic heterocycles. The zero-order chi connectivity index (χ0) is 23.0. The van der Waals surface area contributed by atoms with Gasteiger partial charge in [-0.2, -0.15) is 0 Å². The second-order valence-electron chi connectivity index (χ2n) is 7.93. The fraction of sp³-hybridized carbons (Fsp3) is 0.222. The maximum atomic E-state index is 12.7. The summed E-state index contributed by atoms with van der Waals surface area (Å²) in [6, 6.07) is 26.4. The maximum absolute atomic E-state index is 12.7. The summed E-state index contributed by atoms with van der Waals surface area (Å²) < 4.78 is 1.18. The number of anilines is 1. The second kappa shape index (κ2) is 11.3. The van der Waals surface area contributed by atoms with Crippen LogP contribution in [-0.2, 0) is 17.6 Å². The number of para-hydroxylation sites is 2. The summed E-state index contributed by atoms with van der Waals surface area (Å²) in [5, 5.41) is 5.28. The van der Waals surface area contributed by atoms with E-state index in [4.69, 9.17) is 4.99 Å². The fourth-order valence-corrected chi connectivity index (χ4v) is 5.18. The van der Waals surface area contributed by atoms with Crippen molar-refractivity contribution in [2.45, 2.75) is 26.7 Å². The Morgan fingerprint density at radius 2 is 1.76 bits per heavy atom. The van der Waals surface area contributed by atoms with Crippen LogP contribution in [0.3, 0.4) is 0 Å². The molecule has 4 nitrogen and oxygen atoms in total. The minimum Gasteiger partial charge on any atom is -0.361 e. The molecule has 0 fully saturated rings. The van der Waals surface area contributed by atoms with Crippen molar-refractivity contribution in [2.24, 2.45) is 10.9 Å². The van der Waals surface area contributed by atoms with E-state index in [-0.39, 0.29) is 11.0 Å². The third-order valence-corrected chi connectivity index (χ3v) is 7.25. The predicted molar refractivity (Wildman–Crippen MR) is 143 cm³/mol. The van der Waals surface area contributed by atoms with Gasteiger partial charge in [0.15, 0.2) is 10.2 Å². The van der Waals surface area contributed by atoms with Gasteiger partial charge in [0.2, 0.25) is 0 Å². The zero-order valence-corrected chi connectivity index (χ0v) is 20.5. The van der Waals surface area contributed by atoms with Gasteiger partial charge in [-0.25, -0.2) is 9.98 Å². The van der Waals surface area contributed by atoms with E-state index in [2.05, 4.69) is 34.6 Å². The highest BCUT2D eigenvalue weighted by molar-refractivity contribution is 8.26. The molecule has 4 aromatic rings. The number of aromatic nitrogens is 1. The van der Waals surface area contributed by atoms with Gasteiger partial charge in [0.1, 0.15) is 0 Å². The molecule has 3 aromatic carbocycles. The highest BCUT2D eigenvalue weighted by Crippen LogP contribution is 2.27. The Balaban J connectivity index is 1.35. The number of carbonyl (C=O) groups is 1. The van der Waals surface area contributed by atoms with E-state index in [1.54, 1.807) is 11.3 Å². The van der Waals surface area contributed by atoms with Crippen molar-refractivity contribution in [1.29, 1.82) is 0 Å². The molecular formula is C27H27N3OS2. The van der Waals surface area contributed by atoms with Crippen LogP contribution in [-0.4, -0.2) is 21.7 Å². The Morgan fingerprint density at radius 1 is 1.03 bits per heavy atom. The molecule has 168 valence electrons. The van der Waals surface area contributed by atoms with Crippen LogP contribution >= 0.6 is 23.1 Å². The van der Waals surface area contributed by atoms with Crippen molar-refractivity contribution in [3.8, 4) is 0 Å². The average Bonchev–Trinajstić information content (AvgIpc) is 3.23. The first-order valence-electron chi connectivity index (χ1n) is 11.1. The lowest BCUT2D eigenvalue weighted by atomic mass is 10.0. The largest absolute Gasteiger partial charge is 0.361 e. The number of nitrogens with zero attached hydrogens (tertiary/aromatic N) is 2. The van der Waals surface area contributed by atoms with Crippen LogP contribution < -0.4 is 5.32 Å². The molecule has 1 unspecified atom stereocenters. The highest BCUT2D eigenvalue weighted by Gasteiger charge is 2.16. The Kier molecular flexibility index (Phi) is 7.92. The van der Waals surface area contributed by atoms with E-state index < -0.39 is 0 Å². The summed E-state index contributed by atoms with van der Waals surface area (Å²) in [5.74, 6) is -0.0594. The van der Waals surface area contributed by atoms with Gasteiger partial charge in [-0.05, 0) is 60.9 Å². The maximum Gasteiger partial charge on any atom is 0.197 e. The van der Waals surface area contributed by atoms with E-state index in [1.807, 2.05) is 68.4 Å². The summed E-state index contributed by atoms with van der Waals surface area (Å²) in [4.78, 5) is 22.1. The summed E-state index contributed by atoms with van der Waals surface area (Å²) in [5.41, 5.74) is 4.27. The SMILES string of the molecule is CC(=Nc1ccccc1CCNc1nc2ccccc2s1)SC(=O)C(C)Cc1ccccc1. The first kappa shape index (κ1) is 23.2. The standard InChI is InChI=1S/C27H27N3OS2/c1-19(18-21-10-4-3-5-11-21)26(31)32-20(2)29-23-13-7-6-12-22(23)16-17-28-27-30-24-14-8-9-15-25(24)33-27/h3-15,19H,16-18H2,1-2H3,(H,28,30). The number of aliphatic imine (C=N–C) groups is 1. The quantitative estimate of drug-likeness (QED) is 0.218. The number of nitrogens with one attached hydrogen (secondary N) is 1. The molecule has 0 bridgehead atoms. The Labute approximate surface area is 203 Å². The number of carbonyl (C=O) groups excluding carboxylic acids is 1. The first-order valence-corrected chi connectivity index (χ1v) is 12.7. The molecule has 0 saturated carbocycles. The van der Waals surface area contributed by atoms with Crippen LogP contribution in [0.25, 0.3) is 10.2 Å². The van der Waals surface area contributed by atoms with Gasteiger partial charge in [0.05, 0.1) is 20.9 Å². The summed E-state index contributed by atoms with van der Waals surface area (Å²) >= 11 is 2.91. The van der Waals surface area contributed by atoms with Gasteiger partial charge in [0.25, 0.3) is 0 Å². The summed E-state index contributed by atoms with van der Waals surface area (Å²) in [7, 11) is 0. The molecule has 1 aromatic heterocycles. The van der Waals surface area contributed by atoms with E-state index in [9.17, 15) is 4.79 Å². The topological polar surface area (TPSA) is 54.4 Å². The molecule has 0 aliphatic rings. The van der Waals surface area contributed by atoms with Crippen LogP contribution in [0.4, 0.5) is 10.8 Å². The van der Waals surface area contributed by atoms with Crippen molar-refractivity contribution in [1.82, 2.24) is 4.98 Å².